The van der Waals surface area contributed by atoms with E-state index >= 15 is 0 Å². The predicted octanol–water partition coefficient (Wildman–Crippen LogP) is 2.18. The molecule has 1 aliphatic rings. The summed E-state index contributed by atoms with van der Waals surface area (Å²) >= 11 is 0. The third kappa shape index (κ3) is 1.52. The van der Waals surface area contributed by atoms with E-state index in [1.165, 1.54) is 11.4 Å². The Bertz CT molecular complexity index is 406. The van der Waals surface area contributed by atoms with E-state index < -0.39 is 0 Å². The molecule has 15 heavy (non-hydrogen) atoms. The van der Waals surface area contributed by atoms with Crippen LogP contribution < -0.4 is 9.80 Å². The van der Waals surface area contributed by atoms with Crippen molar-refractivity contribution in [1.29, 1.82) is 5.26 Å². The van der Waals surface area contributed by atoms with Gasteiger partial charge >= 0.3 is 0 Å². The van der Waals surface area contributed by atoms with E-state index in [-0.39, 0.29) is 0 Å². The molecule has 0 N–H and O–H groups in total. The highest BCUT2D eigenvalue weighted by Gasteiger charge is 2.23. The van der Waals surface area contributed by atoms with Crippen LogP contribution in [-0.4, -0.2) is 19.8 Å². The molecule has 1 aromatic rings. The fraction of sp³-hybridized carbons (Fsp3) is 0.417. The van der Waals surface area contributed by atoms with Gasteiger partial charge < -0.3 is 9.80 Å². The van der Waals surface area contributed by atoms with Crippen LogP contribution in [0.5, 0.6) is 0 Å². The highest BCUT2D eigenvalue weighted by atomic mass is 15.4. The first kappa shape index (κ1) is 9.85. The molecule has 0 fully saturated rings. The van der Waals surface area contributed by atoms with Crippen molar-refractivity contribution in [2.24, 2.45) is 0 Å². The van der Waals surface area contributed by atoms with Crippen molar-refractivity contribution in [3.63, 3.8) is 0 Å². The minimum absolute atomic E-state index is 0.741. The summed E-state index contributed by atoms with van der Waals surface area (Å²) in [5.41, 5.74) is 3.18. The molecular weight excluding hydrogens is 186 g/mol. The Morgan fingerprint density at radius 2 is 1.87 bits per heavy atom. The molecule has 3 heteroatoms. The standard InChI is InChI=1S/C12H15N3/c1-3-14-9-15(4-2)12-7-10(8-13)5-6-11(12)14/h5-7H,3-4,9H2,1-2H3. The number of benzene rings is 1. The van der Waals surface area contributed by atoms with Gasteiger partial charge in [-0.25, -0.2) is 0 Å². The first-order valence-electron chi connectivity index (χ1n) is 5.34. The number of hydrogen-bond donors (Lipinski definition) is 0. The Morgan fingerprint density at radius 3 is 2.47 bits per heavy atom. The minimum Gasteiger partial charge on any atom is -0.352 e. The molecule has 0 radical (unpaired) electrons. The molecule has 1 aromatic carbocycles. The Kier molecular flexibility index (Phi) is 2.51. The summed E-state index contributed by atoms with van der Waals surface area (Å²) in [6.45, 7) is 7.23. The molecule has 0 spiro atoms. The fourth-order valence-electron chi connectivity index (χ4n) is 2.01. The van der Waals surface area contributed by atoms with E-state index in [1.54, 1.807) is 0 Å². The Labute approximate surface area is 90.5 Å². The van der Waals surface area contributed by atoms with E-state index in [0.29, 0.717) is 0 Å². The minimum atomic E-state index is 0.741. The molecule has 0 aliphatic carbocycles. The number of hydrogen-bond acceptors (Lipinski definition) is 3. The maximum atomic E-state index is 8.87. The van der Waals surface area contributed by atoms with Gasteiger partial charge in [-0.05, 0) is 32.0 Å². The molecule has 0 bridgehead atoms. The number of nitriles is 1. The Morgan fingerprint density at radius 1 is 1.20 bits per heavy atom. The molecule has 1 aliphatic heterocycles. The van der Waals surface area contributed by atoms with Crippen LogP contribution >= 0.6 is 0 Å². The Balaban J connectivity index is 2.45. The van der Waals surface area contributed by atoms with Crippen LogP contribution in [0.15, 0.2) is 18.2 Å². The third-order valence-electron chi connectivity index (χ3n) is 2.89. The van der Waals surface area contributed by atoms with Crippen molar-refractivity contribution in [2.75, 3.05) is 29.6 Å². The number of nitrogens with zero attached hydrogens (tertiary/aromatic N) is 3. The SMILES string of the molecule is CCN1CN(CC)c2cc(C#N)ccc21. The zero-order chi connectivity index (χ0) is 10.8. The van der Waals surface area contributed by atoms with Crippen LogP contribution in [0.2, 0.25) is 0 Å². The van der Waals surface area contributed by atoms with E-state index in [9.17, 15) is 0 Å². The van der Waals surface area contributed by atoms with Crippen LogP contribution in [-0.2, 0) is 0 Å². The molecule has 78 valence electrons. The van der Waals surface area contributed by atoms with Gasteiger partial charge in [-0.2, -0.15) is 5.26 Å². The largest absolute Gasteiger partial charge is 0.352 e. The van der Waals surface area contributed by atoms with Crippen LogP contribution in [0, 0.1) is 11.3 Å². The highest BCUT2D eigenvalue weighted by molar-refractivity contribution is 5.77. The van der Waals surface area contributed by atoms with Crippen molar-refractivity contribution >= 4 is 11.4 Å². The molecule has 2 rings (SSSR count). The summed E-state index contributed by atoms with van der Waals surface area (Å²) in [6, 6.07) is 8.11. The Hall–Kier alpha value is -1.69. The van der Waals surface area contributed by atoms with E-state index in [0.717, 1.165) is 25.3 Å². The lowest BCUT2D eigenvalue weighted by Gasteiger charge is -2.18. The average molecular weight is 201 g/mol. The van der Waals surface area contributed by atoms with Gasteiger partial charge in [-0.15, -0.1) is 0 Å². The first-order valence-corrected chi connectivity index (χ1v) is 5.34. The van der Waals surface area contributed by atoms with Gasteiger partial charge in [-0.1, -0.05) is 0 Å². The maximum absolute atomic E-state index is 8.87. The van der Waals surface area contributed by atoms with E-state index in [2.05, 4.69) is 29.7 Å². The molecule has 0 saturated carbocycles. The van der Waals surface area contributed by atoms with Crippen molar-refractivity contribution in [2.45, 2.75) is 13.8 Å². The van der Waals surface area contributed by atoms with E-state index in [4.69, 9.17) is 5.26 Å². The second-order valence-corrected chi connectivity index (χ2v) is 3.67. The van der Waals surface area contributed by atoms with Crippen molar-refractivity contribution in [3.8, 4) is 6.07 Å². The lowest BCUT2D eigenvalue weighted by Crippen LogP contribution is -2.30. The molecule has 0 atom stereocenters. The summed E-state index contributed by atoms with van der Waals surface area (Å²) in [5.74, 6) is 0. The molecule has 1 heterocycles. The van der Waals surface area contributed by atoms with E-state index in [1.807, 2.05) is 18.2 Å². The predicted molar refractivity (Wildman–Crippen MR) is 62.1 cm³/mol. The number of fused-ring (bicyclic) bond motifs is 1. The molecule has 3 nitrogen and oxygen atoms in total. The summed E-state index contributed by atoms with van der Waals surface area (Å²) in [7, 11) is 0. The molecule has 0 unspecified atom stereocenters. The monoisotopic (exact) mass is 201 g/mol. The van der Waals surface area contributed by atoms with Crippen LogP contribution in [0.1, 0.15) is 19.4 Å². The topological polar surface area (TPSA) is 30.3 Å². The second kappa shape index (κ2) is 3.82. The summed E-state index contributed by atoms with van der Waals surface area (Å²) in [4.78, 5) is 4.61. The molecule has 0 saturated heterocycles. The average Bonchev–Trinajstić information content (AvgIpc) is 2.65. The molecule has 0 aromatic heterocycles. The summed E-state index contributed by atoms with van der Waals surface area (Å²) in [5, 5.41) is 8.87. The molecule has 0 amide bonds. The fourth-order valence-corrected chi connectivity index (χ4v) is 2.01. The first-order chi connectivity index (χ1) is 7.30. The smallest absolute Gasteiger partial charge is 0.0992 e. The summed E-state index contributed by atoms with van der Waals surface area (Å²) in [6.07, 6.45) is 0. The third-order valence-corrected chi connectivity index (χ3v) is 2.89. The second-order valence-electron chi connectivity index (χ2n) is 3.67. The number of anilines is 2. The van der Waals surface area contributed by atoms with Gasteiger partial charge in [0.15, 0.2) is 0 Å². The van der Waals surface area contributed by atoms with Crippen molar-refractivity contribution < 1.29 is 0 Å². The van der Waals surface area contributed by atoms with Crippen molar-refractivity contribution in [3.05, 3.63) is 23.8 Å². The number of rotatable bonds is 2. The van der Waals surface area contributed by atoms with Crippen LogP contribution in [0.25, 0.3) is 0 Å². The normalized spacial score (nSPS) is 13.9. The maximum Gasteiger partial charge on any atom is 0.0992 e. The van der Waals surface area contributed by atoms with Gasteiger partial charge in [0, 0.05) is 13.1 Å². The zero-order valence-electron chi connectivity index (χ0n) is 9.20. The zero-order valence-corrected chi connectivity index (χ0v) is 9.20. The quantitative estimate of drug-likeness (QED) is 0.734. The van der Waals surface area contributed by atoms with Crippen molar-refractivity contribution in [1.82, 2.24) is 0 Å². The highest BCUT2D eigenvalue weighted by Crippen LogP contribution is 2.35. The van der Waals surface area contributed by atoms with Gasteiger partial charge in [-0.3, -0.25) is 0 Å². The molecular formula is C12H15N3. The van der Waals surface area contributed by atoms with Gasteiger partial charge in [0.05, 0.1) is 29.7 Å². The van der Waals surface area contributed by atoms with Gasteiger partial charge in [0.2, 0.25) is 0 Å². The van der Waals surface area contributed by atoms with Crippen LogP contribution in [0.3, 0.4) is 0 Å². The lowest BCUT2D eigenvalue weighted by molar-refractivity contribution is 0.801. The summed E-state index contributed by atoms with van der Waals surface area (Å²) < 4.78 is 0. The van der Waals surface area contributed by atoms with Crippen LogP contribution in [0.4, 0.5) is 11.4 Å². The van der Waals surface area contributed by atoms with Gasteiger partial charge in [0.1, 0.15) is 0 Å². The lowest BCUT2D eigenvalue weighted by atomic mass is 10.2. The van der Waals surface area contributed by atoms with Gasteiger partial charge in [0.25, 0.3) is 0 Å².